The van der Waals surface area contributed by atoms with Crippen molar-refractivity contribution in [3.8, 4) is 11.8 Å². The van der Waals surface area contributed by atoms with E-state index in [1.54, 1.807) is 12.1 Å². The maximum atomic E-state index is 13.0. The van der Waals surface area contributed by atoms with Crippen LogP contribution in [-0.4, -0.2) is 80.2 Å². The number of methoxy groups -OCH3 is 2. The van der Waals surface area contributed by atoms with Crippen LogP contribution in [0.5, 0.6) is 11.8 Å². The van der Waals surface area contributed by atoms with E-state index < -0.39 is 0 Å². The molecule has 8 heteroatoms. The fourth-order valence-corrected chi connectivity index (χ4v) is 3.81. The van der Waals surface area contributed by atoms with Gasteiger partial charge in [0.15, 0.2) is 0 Å². The lowest BCUT2D eigenvalue weighted by molar-refractivity contribution is -0.135. The lowest BCUT2D eigenvalue weighted by Gasteiger charge is -2.33. The third-order valence-corrected chi connectivity index (χ3v) is 5.40. The minimum atomic E-state index is -0.0868. The number of pyridine rings is 1. The van der Waals surface area contributed by atoms with Gasteiger partial charge in [0.2, 0.25) is 17.7 Å². The Morgan fingerprint density at radius 3 is 2.64 bits per heavy atom. The van der Waals surface area contributed by atoms with Crippen LogP contribution in [0.25, 0.3) is 0 Å². The van der Waals surface area contributed by atoms with Gasteiger partial charge in [0.05, 0.1) is 27.4 Å². The predicted molar refractivity (Wildman–Crippen MR) is 103 cm³/mol. The van der Waals surface area contributed by atoms with Crippen LogP contribution in [0.1, 0.15) is 36.0 Å². The molecule has 2 aliphatic rings. The van der Waals surface area contributed by atoms with Crippen LogP contribution in [0.15, 0.2) is 12.1 Å². The second kappa shape index (κ2) is 9.73. The molecule has 154 valence electrons. The zero-order valence-corrected chi connectivity index (χ0v) is 16.7. The standard InChI is InChI=1S/C20H29N3O5/c1-26-17-7-6-16(19(21-17)27-2)20(25)23-9-3-4-15(14-23)5-8-18(24)22-10-12-28-13-11-22/h6-7,15H,3-5,8-14H2,1-2H3/t15-/m0/s1. The highest BCUT2D eigenvalue weighted by molar-refractivity contribution is 5.96. The number of rotatable bonds is 6. The Balaban J connectivity index is 1.57. The first-order valence-electron chi connectivity index (χ1n) is 9.86. The molecule has 1 atom stereocenters. The number of morpholine rings is 1. The first-order chi connectivity index (χ1) is 13.6. The average Bonchev–Trinajstić information content (AvgIpc) is 2.77. The van der Waals surface area contributed by atoms with E-state index >= 15 is 0 Å². The van der Waals surface area contributed by atoms with E-state index in [2.05, 4.69) is 4.98 Å². The third-order valence-electron chi connectivity index (χ3n) is 5.40. The molecular formula is C20H29N3O5. The van der Waals surface area contributed by atoms with Gasteiger partial charge in [-0.25, -0.2) is 0 Å². The monoisotopic (exact) mass is 391 g/mol. The van der Waals surface area contributed by atoms with Crippen LogP contribution in [0.4, 0.5) is 0 Å². The number of piperidine rings is 1. The highest BCUT2D eigenvalue weighted by Crippen LogP contribution is 2.26. The number of aromatic nitrogens is 1. The number of hydrogen-bond donors (Lipinski definition) is 0. The quantitative estimate of drug-likeness (QED) is 0.733. The molecule has 0 unspecified atom stereocenters. The first-order valence-corrected chi connectivity index (χ1v) is 9.86. The Bertz CT molecular complexity index is 690. The van der Waals surface area contributed by atoms with Crippen molar-refractivity contribution < 1.29 is 23.8 Å². The van der Waals surface area contributed by atoms with Crippen LogP contribution in [-0.2, 0) is 9.53 Å². The molecule has 3 rings (SSSR count). The molecule has 8 nitrogen and oxygen atoms in total. The van der Waals surface area contributed by atoms with Gasteiger partial charge in [-0.3, -0.25) is 9.59 Å². The van der Waals surface area contributed by atoms with E-state index in [1.165, 1.54) is 14.2 Å². The predicted octanol–water partition coefficient (Wildman–Crippen LogP) is 1.59. The summed E-state index contributed by atoms with van der Waals surface area (Å²) in [6.07, 6.45) is 3.31. The van der Waals surface area contributed by atoms with Gasteiger partial charge >= 0.3 is 0 Å². The summed E-state index contributed by atoms with van der Waals surface area (Å²) in [7, 11) is 3.02. The van der Waals surface area contributed by atoms with Gasteiger partial charge in [-0.1, -0.05) is 0 Å². The maximum Gasteiger partial charge on any atom is 0.259 e. The van der Waals surface area contributed by atoms with Crippen LogP contribution in [0.3, 0.4) is 0 Å². The summed E-state index contributed by atoms with van der Waals surface area (Å²) in [5.74, 6) is 1.12. The highest BCUT2D eigenvalue weighted by Gasteiger charge is 2.28. The Morgan fingerprint density at radius 1 is 1.14 bits per heavy atom. The molecule has 0 spiro atoms. The highest BCUT2D eigenvalue weighted by atomic mass is 16.5. The van der Waals surface area contributed by atoms with Gasteiger partial charge in [0.25, 0.3) is 5.91 Å². The van der Waals surface area contributed by atoms with E-state index in [-0.39, 0.29) is 17.7 Å². The molecule has 0 bridgehead atoms. The van der Waals surface area contributed by atoms with E-state index in [1.807, 2.05) is 9.80 Å². The van der Waals surface area contributed by atoms with E-state index in [4.69, 9.17) is 14.2 Å². The van der Waals surface area contributed by atoms with E-state index in [0.29, 0.717) is 63.2 Å². The Kier molecular flexibility index (Phi) is 7.08. The van der Waals surface area contributed by atoms with Crippen molar-refractivity contribution >= 4 is 11.8 Å². The molecule has 0 aromatic carbocycles. The summed E-state index contributed by atoms with van der Waals surface area (Å²) >= 11 is 0. The second-order valence-corrected chi connectivity index (χ2v) is 7.20. The minimum Gasteiger partial charge on any atom is -0.481 e. The van der Waals surface area contributed by atoms with Crippen molar-refractivity contribution in [1.29, 1.82) is 0 Å². The fraction of sp³-hybridized carbons (Fsp3) is 0.650. The van der Waals surface area contributed by atoms with Crippen LogP contribution in [0.2, 0.25) is 0 Å². The molecule has 2 amide bonds. The molecule has 2 fully saturated rings. The largest absolute Gasteiger partial charge is 0.481 e. The Hall–Kier alpha value is -2.35. The van der Waals surface area contributed by atoms with Crippen molar-refractivity contribution in [2.45, 2.75) is 25.7 Å². The average molecular weight is 391 g/mol. The van der Waals surface area contributed by atoms with Gasteiger partial charge in [-0.05, 0) is 31.2 Å². The number of nitrogens with zero attached hydrogens (tertiary/aromatic N) is 3. The van der Waals surface area contributed by atoms with Crippen molar-refractivity contribution in [3.63, 3.8) is 0 Å². The van der Waals surface area contributed by atoms with Crippen molar-refractivity contribution in [2.75, 3.05) is 53.6 Å². The normalized spacial score (nSPS) is 20.0. The second-order valence-electron chi connectivity index (χ2n) is 7.20. The maximum absolute atomic E-state index is 13.0. The topological polar surface area (TPSA) is 81.2 Å². The van der Waals surface area contributed by atoms with E-state index in [9.17, 15) is 9.59 Å². The molecule has 1 aromatic rings. The lowest BCUT2D eigenvalue weighted by atomic mass is 9.92. The summed E-state index contributed by atoms with van der Waals surface area (Å²) in [6.45, 7) is 3.97. The zero-order valence-electron chi connectivity index (χ0n) is 16.7. The lowest BCUT2D eigenvalue weighted by Crippen LogP contribution is -2.42. The van der Waals surface area contributed by atoms with E-state index in [0.717, 1.165) is 19.3 Å². The summed E-state index contributed by atoms with van der Waals surface area (Å²) in [5.41, 5.74) is 0.438. The zero-order chi connectivity index (χ0) is 19.9. The fourth-order valence-electron chi connectivity index (χ4n) is 3.81. The smallest absolute Gasteiger partial charge is 0.259 e. The first kappa shape index (κ1) is 20.4. The molecule has 0 N–H and O–H groups in total. The molecule has 2 aliphatic heterocycles. The summed E-state index contributed by atoms with van der Waals surface area (Å²) in [6, 6.07) is 3.36. The van der Waals surface area contributed by atoms with Gasteiger partial charge in [-0.2, -0.15) is 4.98 Å². The van der Waals surface area contributed by atoms with Gasteiger partial charge in [0, 0.05) is 38.7 Å². The number of carbonyl (C=O) groups excluding carboxylic acids is 2. The SMILES string of the molecule is COc1ccc(C(=O)N2CCC[C@@H](CCC(=O)N3CCOCC3)C2)c(OC)n1. The molecule has 3 heterocycles. The summed E-state index contributed by atoms with van der Waals surface area (Å²) in [4.78, 5) is 33.3. The van der Waals surface area contributed by atoms with Crippen molar-refractivity contribution in [2.24, 2.45) is 5.92 Å². The Labute approximate surface area is 165 Å². The van der Waals surface area contributed by atoms with Gasteiger partial charge in [-0.15, -0.1) is 0 Å². The summed E-state index contributed by atoms with van der Waals surface area (Å²) in [5, 5.41) is 0. The molecular weight excluding hydrogens is 362 g/mol. The number of hydrogen-bond acceptors (Lipinski definition) is 6. The van der Waals surface area contributed by atoms with Crippen LogP contribution >= 0.6 is 0 Å². The van der Waals surface area contributed by atoms with Crippen molar-refractivity contribution in [1.82, 2.24) is 14.8 Å². The molecule has 1 aromatic heterocycles. The van der Waals surface area contributed by atoms with Crippen LogP contribution < -0.4 is 9.47 Å². The van der Waals surface area contributed by atoms with Crippen LogP contribution in [0, 0.1) is 5.92 Å². The molecule has 0 radical (unpaired) electrons. The van der Waals surface area contributed by atoms with Gasteiger partial charge in [0.1, 0.15) is 5.56 Å². The number of likely N-dealkylation sites (tertiary alicyclic amines) is 1. The molecule has 28 heavy (non-hydrogen) atoms. The van der Waals surface area contributed by atoms with Crippen molar-refractivity contribution in [3.05, 3.63) is 17.7 Å². The molecule has 0 aliphatic carbocycles. The number of amides is 2. The van der Waals surface area contributed by atoms with Gasteiger partial charge < -0.3 is 24.0 Å². The molecule has 0 saturated carbocycles. The third kappa shape index (κ3) is 4.92. The Morgan fingerprint density at radius 2 is 1.93 bits per heavy atom. The number of carbonyl (C=O) groups is 2. The molecule has 2 saturated heterocycles. The minimum absolute atomic E-state index is 0.0868. The summed E-state index contributed by atoms with van der Waals surface area (Å²) < 4.78 is 15.7. The number of ether oxygens (including phenoxy) is 3.